The molecule has 122 valence electrons. The Morgan fingerprint density at radius 1 is 1.25 bits per heavy atom. The average molecular weight is 403 g/mol. The van der Waals surface area contributed by atoms with Gasteiger partial charge in [-0.2, -0.15) is 0 Å². The molecule has 0 saturated heterocycles. The molecular weight excluding hydrogens is 388 g/mol. The molecule has 0 aliphatic rings. The van der Waals surface area contributed by atoms with Gasteiger partial charge in [-0.3, -0.25) is 15.1 Å². The third-order valence-corrected chi connectivity index (χ3v) is 4.92. The molecule has 3 rings (SSSR count). The Bertz CT molecular complexity index is 837. The van der Waals surface area contributed by atoms with Crippen LogP contribution in [0.2, 0.25) is 0 Å². The van der Waals surface area contributed by atoms with Gasteiger partial charge in [0, 0.05) is 22.8 Å². The largest absolute Gasteiger partial charge is 0.296 e. The van der Waals surface area contributed by atoms with Crippen LogP contribution in [-0.4, -0.2) is 21.1 Å². The van der Waals surface area contributed by atoms with E-state index in [1.165, 1.54) is 23.1 Å². The van der Waals surface area contributed by atoms with E-state index in [0.29, 0.717) is 10.7 Å². The number of carbonyl (C=O) groups excluding carboxylic acids is 1. The molecule has 1 N–H and O–H groups in total. The Hall–Kier alpha value is -2.12. The first kappa shape index (κ1) is 16.7. The van der Waals surface area contributed by atoms with Crippen molar-refractivity contribution < 1.29 is 4.79 Å². The third kappa shape index (κ3) is 3.85. The van der Waals surface area contributed by atoms with E-state index in [1.54, 1.807) is 12.3 Å². The van der Waals surface area contributed by atoms with E-state index in [2.05, 4.69) is 55.5 Å². The summed E-state index contributed by atoms with van der Waals surface area (Å²) in [6.45, 7) is 2.12. The van der Waals surface area contributed by atoms with Crippen molar-refractivity contribution in [1.29, 1.82) is 0 Å². The molecule has 0 fully saturated rings. The Morgan fingerprint density at radius 3 is 2.75 bits per heavy atom. The molecule has 1 atom stereocenters. The van der Waals surface area contributed by atoms with Crippen molar-refractivity contribution in [1.82, 2.24) is 15.2 Å². The van der Waals surface area contributed by atoms with Crippen molar-refractivity contribution >= 4 is 38.3 Å². The summed E-state index contributed by atoms with van der Waals surface area (Å²) in [5, 5.41) is 12.5. The normalized spacial score (nSPS) is 11.9. The molecule has 0 bridgehead atoms. The summed E-state index contributed by atoms with van der Waals surface area (Å²) in [5.74, 6) is -0.0684. The first-order chi connectivity index (χ1) is 11.7. The molecule has 0 aliphatic carbocycles. The predicted octanol–water partition coefficient (Wildman–Crippen LogP) is 4.49. The molecule has 1 unspecified atom stereocenters. The van der Waals surface area contributed by atoms with Gasteiger partial charge in [0.1, 0.15) is 5.01 Å². The van der Waals surface area contributed by atoms with Crippen LogP contribution in [0.3, 0.4) is 0 Å². The van der Waals surface area contributed by atoms with Crippen LogP contribution < -0.4 is 5.32 Å². The lowest BCUT2D eigenvalue weighted by Gasteiger charge is -2.10. The zero-order valence-corrected chi connectivity index (χ0v) is 15.3. The van der Waals surface area contributed by atoms with Gasteiger partial charge in [0.15, 0.2) is 0 Å². The first-order valence-electron chi connectivity index (χ1n) is 7.47. The molecule has 0 saturated carbocycles. The van der Waals surface area contributed by atoms with Crippen LogP contribution in [-0.2, 0) is 0 Å². The maximum Gasteiger partial charge on any atom is 0.259 e. The minimum atomic E-state index is -0.251. The van der Waals surface area contributed by atoms with Crippen LogP contribution in [0.25, 0.3) is 0 Å². The maximum atomic E-state index is 12.3. The van der Waals surface area contributed by atoms with E-state index in [4.69, 9.17) is 0 Å². The molecule has 7 heteroatoms. The van der Waals surface area contributed by atoms with Gasteiger partial charge in [-0.05, 0) is 34.0 Å². The quantitative estimate of drug-likeness (QED) is 0.682. The van der Waals surface area contributed by atoms with E-state index in [0.717, 1.165) is 15.9 Å². The molecule has 24 heavy (non-hydrogen) atoms. The van der Waals surface area contributed by atoms with Crippen molar-refractivity contribution in [3.63, 3.8) is 0 Å². The Labute approximate surface area is 152 Å². The van der Waals surface area contributed by atoms with Crippen LogP contribution in [0.4, 0.5) is 5.13 Å². The highest BCUT2D eigenvalue weighted by molar-refractivity contribution is 9.10. The molecular formula is C17H15BrN4OS. The number of rotatable bonds is 5. The molecule has 1 amide bonds. The highest BCUT2D eigenvalue weighted by atomic mass is 79.9. The van der Waals surface area contributed by atoms with Gasteiger partial charge in [0.05, 0.1) is 5.56 Å². The number of benzene rings is 1. The van der Waals surface area contributed by atoms with Gasteiger partial charge in [0.2, 0.25) is 5.13 Å². The smallest absolute Gasteiger partial charge is 0.259 e. The SMILES string of the molecule is CCC(c1ccccc1)c1nnc(NC(=O)c2cncc(Br)c2)s1. The summed E-state index contributed by atoms with van der Waals surface area (Å²) in [6.07, 6.45) is 4.06. The lowest BCUT2D eigenvalue weighted by Crippen LogP contribution is -2.11. The molecule has 2 aromatic heterocycles. The second-order valence-electron chi connectivity index (χ2n) is 5.16. The van der Waals surface area contributed by atoms with Gasteiger partial charge >= 0.3 is 0 Å². The van der Waals surface area contributed by atoms with Crippen LogP contribution in [0.1, 0.15) is 40.2 Å². The topological polar surface area (TPSA) is 67.8 Å². The highest BCUT2D eigenvalue weighted by Crippen LogP contribution is 2.31. The number of nitrogens with one attached hydrogen (secondary N) is 1. The second kappa shape index (κ2) is 7.63. The first-order valence-corrected chi connectivity index (χ1v) is 9.08. The lowest BCUT2D eigenvalue weighted by atomic mass is 9.97. The van der Waals surface area contributed by atoms with Crippen molar-refractivity contribution in [2.75, 3.05) is 5.32 Å². The summed E-state index contributed by atoms with van der Waals surface area (Å²) in [6, 6.07) is 11.9. The zero-order valence-electron chi connectivity index (χ0n) is 12.9. The number of hydrogen-bond donors (Lipinski definition) is 1. The fourth-order valence-corrected chi connectivity index (χ4v) is 3.68. The number of carbonyl (C=O) groups is 1. The average Bonchev–Trinajstić information content (AvgIpc) is 3.04. The van der Waals surface area contributed by atoms with E-state index in [9.17, 15) is 4.79 Å². The standard InChI is InChI=1S/C17H15BrN4OS/c1-2-14(11-6-4-3-5-7-11)16-21-22-17(24-16)20-15(23)12-8-13(18)10-19-9-12/h3-10,14H,2H2,1H3,(H,20,22,23). The zero-order chi connectivity index (χ0) is 16.9. The van der Waals surface area contributed by atoms with Crippen molar-refractivity contribution in [3.8, 4) is 0 Å². The number of pyridine rings is 1. The minimum absolute atomic E-state index is 0.182. The number of aromatic nitrogens is 3. The van der Waals surface area contributed by atoms with Gasteiger partial charge in [-0.1, -0.05) is 48.6 Å². The molecule has 0 spiro atoms. The summed E-state index contributed by atoms with van der Waals surface area (Å²) in [7, 11) is 0. The van der Waals surface area contributed by atoms with E-state index >= 15 is 0 Å². The minimum Gasteiger partial charge on any atom is -0.296 e. The monoisotopic (exact) mass is 402 g/mol. The number of amides is 1. The van der Waals surface area contributed by atoms with Crippen LogP contribution >= 0.6 is 27.3 Å². The number of anilines is 1. The Morgan fingerprint density at radius 2 is 2.04 bits per heavy atom. The van der Waals surface area contributed by atoms with Crippen molar-refractivity contribution in [2.45, 2.75) is 19.3 Å². The molecule has 2 heterocycles. The van der Waals surface area contributed by atoms with E-state index in [-0.39, 0.29) is 11.8 Å². The van der Waals surface area contributed by atoms with Crippen molar-refractivity contribution in [3.05, 3.63) is 69.4 Å². The summed E-state index contributed by atoms with van der Waals surface area (Å²) in [5.41, 5.74) is 1.67. The molecule has 3 aromatic rings. The molecule has 0 aliphatic heterocycles. The van der Waals surface area contributed by atoms with Crippen molar-refractivity contribution in [2.24, 2.45) is 0 Å². The molecule has 1 aromatic carbocycles. The summed E-state index contributed by atoms with van der Waals surface area (Å²) in [4.78, 5) is 16.2. The number of nitrogens with zero attached hydrogens (tertiary/aromatic N) is 3. The fourth-order valence-electron chi connectivity index (χ4n) is 2.37. The highest BCUT2D eigenvalue weighted by Gasteiger charge is 2.18. The van der Waals surface area contributed by atoms with E-state index in [1.807, 2.05) is 18.2 Å². The van der Waals surface area contributed by atoms with Crippen LogP contribution in [0.15, 0.2) is 53.3 Å². The molecule has 5 nitrogen and oxygen atoms in total. The summed E-state index contributed by atoms with van der Waals surface area (Å²) < 4.78 is 0.753. The van der Waals surface area contributed by atoms with Crippen LogP contribution in [0, 0.1) is 0 Å². The molecule has 0 radical (unpaired) electrons. The maximum absolute atomic E-state index is 12.3. The lowest BCUT2D eigenvalue weighted by molar-refractivity contribution is 0.102. The van der Waals surface area contributed by atoms with Gasteiger partial charge < -0.3 is 0 Å². The van der Waals surface area contributed by atoms with Gasteiger partial charge in [-0.15, -0.1) is 10.2 Å². The Balaban J connectivity index is 1.77. The predicted molar refractivity (Wildman–Crippen MR) is 98.4 cm³/mol. The second-order valence-corrected chi connectivity index (χ2v) is 7.09. The number of halogens is 1. The summed E-state index contributed by atoms with van der Waals surface area (Å²) >= 11 is 4.71. The fraction of sp³-hybridized carbons (Fsp3) is 0.176. The van der Waals surface area contributed by atoms with Gasteiger partial charge in [-0.25, -0.2) is 0 Å². The van der Waals surface area contributed by atoms with E-state index < -0.39 is 0 Å². The van der Waals surface area contributed by atoms with Gasteiger partial charge in [0.25, 0.3) is 5.91 Å². The number of hydrogen-bond acceptors (Lipinski definition) is 5. The third-order valence-electron chi connectivity index (χ3n) is 3.54. The Kier molecular flexibility index (Phi) is 5.32. The van der Waals surface area contributed by atoms with Crippen LogP contribution in [0.5, 0.6) is 0 Å².